The van der Waals surface area contributed by atoms with Gasteiger partial charge in [0, 0.05) is 12.2 Å². The van der Waals surface area contributed by atoms with Crippen molar-refractivity contribution in [2.45, 2.75) is 13.3 Å². The van der Waals surface area contributed by atoms with Crippen LogP contribution < -0.4 is 10.1 Å². The highest BCUT2D eigenvalue weighted by Gasteiger charge is 2.03. The summed E-state index contributed by atoms with van der Waals surface area (Å²) >= 11 is 0. The third-order valence-corrected chi connectivity index (χ3v) is 2.90. The molecule has 0 saturated carbocycles. The fraction of sp³-hybridized carbons (Fsp3) is 0.250. The predicted octanol–water partition coefficient (Wildman–Crippen LogP) is 2.27. The zero-order valence-corrected chi connectivity index (χ0v) is 11.8. The average molecular weight is 288 g/mol. The van der Waals surface area contributed by atoms with E-state index in [9.17, 15) is 9.18 Å². The first-order valence-corrected chi connectivity index (χ1v) is 6.70. The van der Waals surface area contributed by atoms with Crippen molar-refractivity contribution in [2.24, 2.45) is 0 Å². The summed E-state index contributed by atoms with van der Waals surface area (Å²) < 4.78 is 18.0. The Labute approximate surface area is 123 Å². The van der Waals surface area contributed by atoms with Crippen molar-refractivity contribution < 1.29 is 13.9 Å². The second-order valence-corrected chi connectivity index (χ2v) is 4.65. The predicted molar refractivity (Wildman–Crippen MR) is 77.6 cm³/mol. The Morgan fingerprint density at radius 2 is 2.00 bits per heavy atom. The third kappa shape index (κ3) is 5.22. The molecule has 0 bridgehead atoms. The zero-order chi connectivity index (χ0) is 15.1. The van der Waals surface area contributed by atoms with E-state index in [1.807, 2.05) is 13.0 Å². The SMILES string of the molecule is Cc1ccc(OCC(=O)NCCc2ccc(F)cc2)cn1. The van der Waals surface area contributed by atoms with Crippen molar-refractivity contribution in [3.8, 4) is 5.75 Å². The largest absolute Gasteiger partial charge is 0.482 e. The molecule has 1 aromatic heterocycles. The van der Waals surface area contributed by atoms with E-state index in [0.29, 0.717) is 18.7 Å². The lowest BCUT2D eigenvalue weighted by Crippen LogP contribution is -2.30. The molecule has 0 aliphatic rings. The van der Waals surface area contributed by atoms with Crippen molar-refractivity contribution in [1.29, 1.82) is 0 Å². The molecule has 0 radical (unpaired) electrons. The number of hydrogen-bond donors (Lipinski definition) is 1. The van der Waals surface area contributed by atoms with Gasteiger partial charge in [0.15, 0.2) is 6.61 Å². The molecule has 1 aromatic carbocycles. The van der Waals surface area contributed by atoms with Crippen molar-refractivity contribution in [2.75, 3.05) is 13.2 Å². The smallest absolute Gasteiger partial charge is 0.257 e. The van der Waals surface area contributed by atoms with E-state index in [4.69, 9.17) is 4.74 Å². The highest BCUT2D eigenvalue weighted by molar-refractivity contribution is 5.77. The Kier molecular flexibility index (Phi) is 5.26. The summed E-state index contributed by atoms with van der Waals surface area (Å²) in [6.45, 7) is 2.32. The summed E-state index contributed by atoms with van der Waals surface area (Å²) in [6, 6.07) is 9.82. The van der Waals surface area contributed by atoms with E-state index in [2.05, 4.69) is 10.3 Å². The second kappa shape index (κ2) is 7.38. The number of rotatable bonds is 6. The van der Waals surface area contributed by atoms with Crippen LogP contribution in [0.4, 0.5) is 4.39 Å². The van der Waals surface area contributed by atoms with E-state index < -0.39 is 0 Å². The molecule has 21 heavy (non-hydrogen) atoms. The van der Waals surface area contributed by atoms with E-state index in [-0.39, 0.29) is 18.3 Å². The van der Waals surface area contributed by atoms with Crippen LogP contribution in [0.2, 0.25) is 0 Å². The highest BCUT2D eigenvalue weighted by atomic mass is 19.1. The van der Waals surface area contributed by atoms with Crippen molar-refractivity contribution in [3.05, 3.63) is 59.7 Å². The number of carbonyl (C=O) groups is 1. The van der Waals surface area contributed by atoms with E-state index >= 15 is 0 Å². The Bertz CT molecular complexity index is 582. The number of carbonyl (C=O) groups excluding carboxylic acids is 1. The minimum Gasteiger partial charge on any atom is -0.482 e. The highest BCUT2D eigenvalue weighted by Crippen LogP contribution is 2.08. The van der Waals surface area contributed by atoms with Gasteiger partial charge in [0.05, 0.1) is 6.20 Å². The van der Waals surface area contributed by atoms with Gasteiger partial charge in [-0.15, -0.1) is 0 Å². The Morgan fingerprint density at radius 1 is 1.24 bits per heavy atom. The number of benzene rings is 1. The van der Waals surface area contributed by atoms with Gasteiger partial charge in [0.2, 0.25) is 0 Å². The number of halogens is 1. The first kappa shape index (κ1) is 15.0. The van der Waals surface area contributed by atoms with Crippen molar-refractivity contribution in [3.63, 3.8) is 0 Å². The molecule has 0 aliphatic carbocycles. The molecule has 1 amide bonds. The van der Waals surface area contributed by atoms with Crippen LogP contribution in [-0.2, 0) is 11.2 Å². The van der Waals surface area contributed by atoms with Crippen LogP contribution in [0.15, 0.2) is 42.6 Å². The van der Waals surface area contributed by atoms with Gasteiger partial charge in [0.1, 0.15) is 11.6 Å². The second-order valence-electron chi connectivity index (χ2n) is 4.65. The van der Waals surface area contributed by atoms with Gasteiger partial charge in [-0.3, -0.25) is 9.78 Å². The summed E-state index contributed by atoms with van der Waals surface area (Å²) in [4.78, 5) is 15.7. The van der Waals surface area contributed by atoms with Crippen LogP contribution in [0, 0.1) is 12.7 Å². The van der Waals surface area contributed by atoms with E-state index in [1.165, 1.54) is 12.1 Å². The lowest BCUT2D eigenvalue weighted by molar-refractivity contribution is -0.123. The number of aromatic nitrogens is 1. The quantitative estimate of drug-likeness (QED) is 0.887. The molecule has 1 heterocycles. The molecule has 0 aliphatic heterocycles. The van der Waals surface area contributed by atoms with Crippen LogP contribution in [-0.4, -0.2) is 24.0 Å². The summed E-state index contributed by atoms with van der Waals surface area (Å²) in [5.41, 5.74) is 1.87. The molecule has 0 unspecified atom stereocenters. The maximum absolute atomic E-state index is 12.7. The van der Waals surface area contributed by atoms with Crippen LogP contribution >= 0.6 is 0 Å². The minimum absolute atomic E-state index is 0.0475. The van der Waals surface area contributed by atoms with Crippen LogP contribution in [0.1, 0.15) is 11.3 Å². The van der Waals surface area contributed by atoms with Gasteiger partial charge in [-0.2, -0.15) is 0 Å². The average Bonchev–Trinajstić information content (AvgIpc) is 2.49. The summed E-state index contributed by atoms with van der Waals surface area (Å²) in [6.07, 6.45) is 2.24. The maximum atomic E-state index is 12.7. The van der Waals surface area contributed by atoms with E-state index in [1.54, 1.807) is 24.4 Å². The molecule has 0 spiro atoms. The van der Waals surface area contributed by atoms with Crippen molar-refractivity contribution in [1.82, 2.24) is 10.3 Å². The number of pyridine rings is 1. The summed E-state index contributed by atoms with van der Waals surface area (Å²) in [5.74, 6) is 0.106. The van der Waals surface area contributed by atoms with Gasteiger partial charge in [-0.25, -0.2) is 4.39 Å². The molecular weight excluding hydrogens is 271 g/mol. The fourth-order valence-electron chi connectivity index (χ4n) is 1.74. The van der Waals surface area contributed by atoms with Crippen molar-refractivity contribution >= 4 is 5.91 Å². The Balaban J connectivity index is 1.67. The normalized spacial score (nSPS) is 10.2. The molecule has 0 saturated heterocycles. The topological polar surface area (TPSA) is 51.2 Å². The molecule has 4 nitrogen and oxygen atoms in total. The Morgan fingerprint density at radius 3 is 2.67 bits per heavy atom. The first-order chi connectivity index (χ1) is 10.1. The lowest BCUT2D eigenvalue weighted by Gasteiger charge is -2.07. The van der Waals surface area contributed by atoms with Gasteiger partial charge in [-0.05, 0) is 43.2 Å². The molecular formula is C16H17FN2O2. The monoisotopic (exact) mass is 288 g/mol. The lowest BCUT2D eigenvalue weighted by atomic mass is 10.1. The number of nitrogens with zero attached hydrogens (tertiary/aromatic N) is 1. The molecule has 110 valence electrons. The summed E-state index contributed by atoms with van der Waals surface area (Å²) in [5, 5.41) is 2.75. The minimum atomic E-state index is -0.261. The van der Waals surface area contributed by atoms with Gasteiger partial charge < -0.3 is 10.1 Å². The van der Waals surface area contributed by atoms with Crippen LogP contribution in [0.25, 0.3) is 0 Å². The molecule has 0 atom stereocenters. The number of ether oxygens (including phenoxy) is 1. The number of hydrogen-bond acceptors (Lipinski definition) is 3. The van der Waals surface area contributed by atoms with Gasteiger partial charge >= 0.3 is 0 Å². The third-order valence-electron chi connectivity index (χ3n) is 2.90. The molecule has 2 aromatic rings. The number of amides is 1. The number of nitrogens with one attached hydrogen (secondary N) is 1. The van der Waals surface area contributed by atoms with Gasteiger partial charge in [-0.1, -0.05) is 12.1 Å². The molecule has 2 rings (SSSR count). The van der Waals surface area contributed by atoms with Gasteiger partial charge in [0.25, 0.3) is 5.91 Å². The maximum Gasteiger partial charge on any atom is 0.257 e. The summed E-state index contributed by atoms with van der Waals surface area (Å²) in [7, 11) is 0. The first-order valence-electron chi connectivity index (χ1n) is 6.70. The molecule has 5 heteroatoms. The zero-order valence-electron chi connectivity index (χ0n) is 11.8. The Hall–Kier alpha value is -2.43. The number of aryl methyl sites for hydroxylation is 1. The molecule has 0 fully saturated rings. The van der Waals surface area contributed by atoms with E-state index in [0.717, 1.165) is 11.3 Å². The van der Waals surface area contributed by atoms with Crippen LogP contribution in [0.5, 0.6) is 5.75 Å². The standard InChI is InChI=1S/C16H17FN2O2/c1-12-2-7-15(10-19-12)21-11-16(20)18-9-8-13-3-5-14(17)6-4-13/h2-7,10H,8-9,11H2,1H3,(H,18,20). The fourth-order valence-corrected chi connectivity index (χ4v) is 1.74. The molecule has 1 N–H and O–H groups in total. The van der Waals surface area contributed by atoms with Crippen LogP contribution in [0.3, 0.4) is 0 Å².